The van der Waals surface area contributed by atoms with Crippen LogP contribution in [0.15, 0.2) is 52.7 Å². The molecule has 0 spiro atoms. The molecule has 1 N–H and O–H groups in total. The minimum atomic E-state index is -3.61. The van der Waals surface area contributed by atoms with Crippen molar-refractivity contribution >= 4 is 32.3 Å². The number of carbonyl (C=O) groups excluding carboxylic acids is 1. The third kappa shape index (κ3) is 4.77. The number of nitrogens with zero attached hydrogens (tertiary/aromatic N) is 2. The normalized spacial score (nSPS) is 13.6. The first kappa shape index (κ1) is 22.3. The van der Waals surface area contributed by atoms with Gasteiger partial charge in [0.25, 0.3) is 0 Å². The lowest BCUT2D eigenvalue weighted by molar-refractivity contribution is 0.101. The molecule has 0 saturated heterocycles. The molecule has 168 valence electrons. The molecule has 0 atom stereocenters. The van der Waals surface area contributed by atoms with Crippen LogP contribution < -0.4 is 14.8 Å². The van der Waals surface area contributed by atoms with E-state index in [0.717, 1.165) is 27.7 Å². The Labute approximate surface area is 190 Å². The summed E-state index contributed by atoms with van der Waals surface area (Å²) >= 11 is 1.39. The highest BCUT2D eigenvalue weighted by atomic mass is 32.2. The fraction of sp³-hybridized carbons (Fsp3) is 0.273. The Kier molecular flexibility index (Phi) is 6.45. The Hall–Kier alpha value is -2.95. The predicted octanol–water partition coefficient (Wildman–Crippen LogP) is 3.52. The first-order chi connectivity index (χ1) is 15.3. The fourth-order valence-electron chi connectivity index (χ4n) is 3.11. The molecule has 2 heterocycles. The van der Waals surface area contributed by atoms with Crippen molar-refractivity contribution in [3.8, 4) is 22.8 Å². The summed E-state index contributed by atoms with van der Waals surface area (Å²) in [5, 5.41) is 5.52. The molecule has 0 fully saturated rings. The molecule has 0 aliphatic carbocycles. The van der Waals surface area contributed by atoms with E-state index in [4.69, 9.17) is 9.47 Å². The van der Waals surface area contributed by atoms with Crippen molar-refractivity contribution in [2.45, 2.75) is 11.3 Å². The maximum absolute atomic E-state index is 12.6. The minimum absolute atomic E-state index is 0.000439. The summed E-state index contributed by atoms with van der Waals surface area (Å²) in [7, 11) is -0.699. The van der Waals surface area contributed by atoms with E-state index in [9.17, 15) is 13.2 Å². The molecule has 0 unspecified atom stereocenters. The second-order valence-corrected chi connectivity index (χ2v) is 10.4. The van der Waals surface area contributed by atoms with Gasteiger partial charge in [-0.1, -0.05) is 12.1 Å². The summed E-state index contributed by atoms with van der Waals surface area (Å²) in [6, 6.07) is 11.7. The Bertz CT molecular complexity index is 1240. The molecule has 8 nitrogen and oxygen atoms in total. The van der Waals surface area contributed by atoms with Crippen LogP contribution in [0.4, 0.5) is 5.13 Å². The second-order valence-electron chi connectivity index (χ2n) is 7.34. The average Bonchev–Trinajstić information content (AvgIpc) is 3.14. The van der Waals surface area contributed by atoms with Crippen molar-refractivity contribution < 1.29 is 22.7 Å². The van der Waals surface area contributed by atoms with E-state index in [2.05, 4.69) is 10.3 Å². The zero-order valence-electron chi connectivity index (χ0n) is 17.7. The van der Waals surface area contributed by atoms with Gasteiger partial charge in [-0.2, -0.15) is 0 Å². The molecule has 1 aromatic heterocycles. The quantitative estimate of drug-likeness (QED) is 0.524. The van der Waals surface area contributed by atoms with Gasteiger partial charge in [-0.25, -0.2) is 17.7 Å². The summed E-state index contributed by atoms with van der Waals surface area (Å²) < 4.78 is 37.1. The molecule has 1 aliphatic heterocycles. The molecule has 2 aromatic carbocycles. The van der Waals surface area contributed by atoms with Crippen LogP contribution in [0.5, 0.6) is 11.5 Å². The Morgan fingerprint density at radius 3 is 2.69 bits per heavy atom. The number of hydrogen-bond acceptors (Lipinski definition) is 8. The number of aromatic nitrogens is 1. The Balaban J connectivity index is 1.44. The molecule has 32 heavy (non-hydrogen) atoms. The summed E-state index contributed by atoms with van der Waals surface area (Å²) in [5.41, 5.74) is 1.98. The van der Waals surface area contributed by atoms with Crippen molar-refractivity contribution in [3.63, 3.8) is 0 Å². The van der Waals surface area contributed by atoms with E-state index in [1.54, 1.807) is 12.1 Å². The van der Waals surface area contributed by atoms with Gasteiger partial charge in [0.15, 0.2) is 22.4 Å². The molecule has 0 amide bonds. The largest absolute Gasteiger partial charge is 0.490 e. The number of sulfonamides is 1. The smallest absolute Gasteiger partial charge is 0.242 e. The van der Waals surface area contributed by atoms with Gasteiger partial charge in [-0.3, -0.25) is 4.79 Å². The van der Waals surface area contributed by atoms with Gasteiger partial charge in [0.1, 0.15) is 0 Å². The summed E-state index contributed by atoms with van der Waals surface area (Å²) in [5.74, 6) is 1.20. The van der Waals surface area contributed by atoms with Gasteiger partial charge in [0.05, 0.1) is 30.3 Å². The van der Waals surface area contributed by atoms with E-state index in [-0.39, 0.29) is 17.2 Å². The van der Waals surface area contributed by atoms with Gasteiger partial charge in [0, 0.05) is 37.0 Å². The van der Waals surface area contributed by atoms with Crippen LogP contribution in [-0.2, 0) is 10.0 Å². The van der Waals surface area contributed by atoms with Crippen LogP contribution in [-0.4, -0.2) is 57.3 Å². The summed E-state index contributed by atoms with van der Waals surface area (Å²) in [6.07, 6.45) is 0.840. The van der Waals surface area contributed by atoms with Gasteiger partial charge in [0.2, 0.25) is 10.0 Å². The van der Waals surface area contributed by atoms with Crippen LogP contribution in [0.3, 0.4) is 0 Å². The molecular formula is C22H23N3O5S2. The Morgan fingerprint density at radius 1 is 1.12 bits per heavy atom. The highest BCUT2D eigenvalue weighted by molar-refractivity contribution is 7.89. The monoisotopic (exact) mass is 473 g/mol. The standard InChI is InChI=1S/C22H23N3O5S2/c1-25(2)32(27,28)17-6-3-5-16(11-17)19(26)13-23-22-24-18(14-31-22)15-7-8-20-21(12-15)30-10-4-9-29-20/h3,5-8,11-12,14H,4,9-10,13H2,1-2H3,(H,23,24). The number of hydrogen-bond donors (Lipinski definition) is 1. The summed E-state index contributed by atoms with van der Waals surface area (Å²) in [6.45, 7) is 1.24. The van der Waals surface area contributed by atoms with Crippen molar-refractivity contribution in [1.29, 1.82) is 0 Å². The number of thiazole rings is 1. The number of ether oxygens (including phenoxy) is 2. The molecule has 0 radical (unpaired) electrons. The van der Waals surface area contributed by atoms with Crippen LogP contribution in [0.25, 0.3) is 11.3 Å². The van der Waals surface area contributed by atoms with Crippen molar-refractivity contribution in [3.05, 3.63) is 53.4 Å². The number of carbonyl (C=O) groups is 1. The van der Waals surface area contributed by atoms with E-state index in [1.807, 2.05) is 23.6 Å². The third-order valence-corrected chi connectivity index (χ3v) is 7.49. The predicted molar refractivity (Wildman–Crippen MR) is 123 cm³/mol. The number of nitrogens with one attached hydrogen (secondary N) is 1. The lowest BCUT2D eigenvalue weighted by atomic mass is 10.1. The highest BCUT2D eigenvalue weighted by Gasteiger charge is 2.19. The maximum Gasteiger partial charge on any atom is 0.242 e. The second kappa shape index (κ2) is 9.27. The lowest BCUT2D eigenvalue weighted by Crippen LogP contribution is -2.22. The van der Waals surface area contributed by atoms with Crippen LogP contribution in [0.2, 0.25) is 0 Å². The number of anilines is 1. The van der Waals surface area contributed by atoms with Gasteiger partial charge in [-0.05, 0) is 30.3 Å². The topological polar surface area (TPSA) is 97.8 Å². The lowest BCUT2D eigenvalue weighted by Gasteiger charge is -2.12. The van der Waals surface area contributed by atoms with E-state index < -0.39 is 10.0 Å². The highest BCUT2D eigenvalue weighted by Crippen LogP contribution is 2.35. The van der Waals surface area contributed by atoms with Crippen LogP contribution in [0.1, 0.15) is 16.8 Å². The maximum atomic E-state index is 12.6. The average molecular weight is 474 g/mol. The van der Waals surface area contributed by atoms with Gasteiger partial charge >= 0.3 is 0 Å². The SMILES string of the molecule is CN(C)S(=O)(=O)c1cccc(C(=O)CNc2nc(-c3ccc4c(c3)OCCCO4)cs2)c1. The summed E-state index contributed by atoms with van der Waals surface area (Å²) in [4.78, 5) is 17.2. The van der Waals surface area contributed by atoms with Crippen molar-refractivity contribution in [2.24, 2.45) is 0 Å². The number of rotatable bonds is 7. The number of benzene rings is 2. The first-order valence-electron chi connectivity index (χ1n) is 10.00. The van der Waals surface area contributed by atoms with Crippen molar-refractivity contribution in [1.82, 2.24) is 9.29 Å². The van der Waals surface area contributed by atoms with Gasteiger partial charge < -0.3 is 14.8 Å². The van der Waals surface area contributed by atoms with E-state index in [1.165, 1.54) is 37.6 Å². The van der Waals surface area contributed by atoms with Crippen LogP contribution in [0, 0.1) is 0 Å². The number of Topliss-reactive ketones (excluding diaryl/α,β-unsaturated/α-hetero) is 1. The zero-order chi connectivity index (χ0) is 22.7. The molecule has 1 aliphatic rings. The van der Waals surface area contributed by atoms with Crippen molar-refractivity contribution in [2.75, 3.05) is 39.2 Å². The molecule has 4 rings (SSSR count). The third-order valence-electron chi connectivity index (χ3n) is 4.88. The molecular weight excluding hydrogens is 450 g/mol. The molecule has 3 aromatic rings. The first-order valence-corrected chi connectivity index (χ1v) is 12.3. The number of ketones is 1. The van der Waals surface area contributed by atoms with Gasteiger partial charge in [-0.15, -0.1) is 11.3 Å². The Morgan fingerprint density at radius 2 is 1.91 bits per heavy atom. The minimum Gasteiger partial charge on any atom is -0.490 e. The van der Waals surface area contributed by atoms with Crippen LogP contribution >= 0.6 is 11.3 Å². The zero-order valence-corrected chi connectivity index (χ0v) is 19.3. The molecule has 0 saturated carbocycles. The number of fused-ring (bicyclic) bond motifs is 1. The molecule has 0 bridgehead atoms. The van der Waals surface area contributed by atoms with E-state index in [0.29, 0.717) is 29.7 Å². The fourth-order valence-corrected chi connectivity index (χ4v) is 4.78. The van der Waals surface area contributed by atoms with E-state index >= 15 is 0 Å². The molecule has 10 heteroatoms.